The van der Waals surface area contributed by atoms with Crippen LogP contribution in [0.2, 0.25) is 0 Å². The van der Waals surface area contributed by atoms with Gasteiger partial charge in [-0.3, -0.25) is 10.1 Å². The number of benzene rings is 1. The third-order valence-electron chi connectivity index (χ3n) is 4.54. The summed E-state index contributed by atoms with van der Waals surface area (Å²) in [6.07, 6.45) is 1.70. The van der Waals surface area contributed by atoms with Gasteiger partial charge in [-0.15, -0.1) is 0 Å². The number of anilines is 1. The Kier molecular flexibility index (Phi) is 5.69. The third kappa shape index (κ3) is 5.23. The Labute approximate surface area is 156 Å². The Morgan fingerprint density at radius 2 is 1.85 bits per heavy atom. The minimum absolute atomic E-state index is 0.173. The second-order valence-corrected chi connectivity index (χ2v) is 8.99. The van der Waals surface area contributed by atoms with Gasteiger partial charge < -0.3 is 9.47 Å². The standard InChI is InChI=1S/C21H31NO4/c1-7-25-17(23)12-21(13-20(5,6)14-21)15-9-8-10-16(11-15)22-18(24)26-19(2,3)4/h8-11H,7,12-14H2,1-6H3,(H,22,24). The monoisotopic (exact) mass is 361 g/mol. The van der Waals surface area contributed by atoms with Gasteiger partial charge in [0.05, 0.1) is 13.0 Å². The summed E-state index contributed by atoms with van der Waals surface area (Å²) in [7, 11) is 0. The highest BCUT2D eigenvalue weighted by molar-refractivity contribution is 5.85. The van der Waals surface area contributed by atoms with Crippen molar-refractivity contribution in [2.45, 2.75) is 71.8 Å². The van der Waals surface area contributed by atoms with E-state index in [1.54, 1.807) is 0 Å². The molecule has 0 saturated heterocycles. The molecule has 1 amide bonds. The highest BCUT2D eigenvalue weighted by Crippen LogP contribution is 2.57. The zero-order valence-corrected chi connectivity index (χ0v) is 16.8. The van der Waals surface area contributed by atoms with E-state index in [0.717, 1.165) is 18.4 Å². The molecule has 0 atom stereocenters. The second-order valence-electron chi connectivity index (χ2n) is 8.99. The fraction of sp³-hybridized carbons (Fsp3) is 0.619. The molecule has 1 aliphatic rings. The van der Waals surface area contributed by atoms with Gasteiger partial charge in [-0.25, -0.2) is 4.79 Å². The summed E-state index contributed by atoms with van der Waals surface area (Å²) < 4.78 is 10.5. The van der Waals surface area contributed by atoms with E-state index in [1.807, 2.05) is 52.0 Å². The normalized spacial score (nSPS) is 17.8. The number of esters is 1. The van der Waals surface area contributed by atoms with Gasteiger partial charge in [0, 0.05) is 11.1 Å². The average Bonchev–Trinajstić information content (AvgIpc) is 2.43. The molecule has 0 bridgehead atoms. The molecule has 2 rings (SSSR count). The largest absolute Gasteiger partial charge is 0.466 e. The van der Waals surface area contributed by atoms with Gasteiger partial charge in [-0.1, -0.05) is 26.0 Å². The molecule has 144 valence electrons. The van der Waals surface area contributed by atoms with Crippen molar-refractivity contribution in [3.05, 3.63) is 29.8 Å². The van der Waals surface area contributed by atoms with E-state index < -0.39 is 11.7 Å². The molecule has 0 heterocycles. The van der Waals surface area contributed by atoms with Crippen LogP contribution in [0.1, 0.15) is 66.4 Å². The lowest BCUT2D eigenvalue weighted by Gasteiger charge is -2.53. The number of nitrogens with one attached hydrogen (secondary N) is 1. The Bertz CT molecular complexity index is 665. The number of carbonyl (C=O) groups excluding carboxylic acids is 2. The van der Waals surface area contributed by atoms with Crippen LogP contribution >= 0.6 is 0 Å². The van der Waals surface area contributed by atoms with E-state index >= 15 is 0 Å². The number of rotatable bonds is 5. The predicted molar refractivity (Wildman–Crippen MR) is 102 cm³/mol. The van der Waals surface area contributed by atoms with Crippen molar-refractivity contribution in [1.82, 2.24) is 0 Å². The highest BCUT2D eigenvalue weighted by Gasteiger charge is 2.51. The van der Waals surface area contributed by atoms with Crippen LogP contribution in [-0.2, 0) is 19.7 Å². The van der Waals surface area contributed by atoms with Gasteiger partial charge in [-0.05, 0) is 63.6 Å². The van der Waals surface area contributed by atoms with Crippen LogP contribution < -0.4 is 5.32 Å². The van der Waals surface area contributed by atoms with E-state index in [0.29, 0.717) is 18.7 Å². The van der Waals surface area contributed by atoms with Gasteiger partial charge in [0.15, 0.2) is 0 Å². The van der Waals surface area contributed by atoms with Crippen LogP contribution in [0, 0.1) is 5.41 Å². The highest BCUT2D eigenvalue weighted by atomic mass is 16.6. The molecular formula is C21H31NO4. The molecule has 26 heavy (non-hydrogen) atoms. The van der Waals surface area contributed by atoms with Crippen LogP contribution in [0.25, 0.3) is 0 Å². The van der Waals surface area contributed by atoms with Crippen molar-refractivity contribution >= 4 is 17.7 Å². The summed E-state index contributed by atoms with van der Waals surface area (Å²) in [4.78, 5) is 24.2. The first-order valence-corrected chi connectivity index (χ1v) is 9.21. The minimum Gasteiger partial charge on any atom is -0.466 e. The van der Waals surface area contributed by atoms with E-state index in [9.17, 15) is 9.59 Å². The van der Waals surface area contributed by atoms with Crippen LogP contribution in [0.4, 0.5) is 10.5 Å². The Morgan fingerprint density at radius 3 is 2.38 bits per heavy atom. The second kappa shape index (κ2) is 7.29. The molecule has 1 aromatic rings. The Hall–Kier alpha value is -2.04. The number of hydrogen-bond acceptors (Lipinski definition) is 4. The van der Waals surface area contributed by atoms with E-state index in [4.69, 9.17) is 9.47 Å². The van der Waals surface area contributed by atoms with Crippen LogP contribution in [0.5, 0.6) is 0 Å². The van der Waals surface area contributed by atoms with Gasteiger partial charge in [0.2, 0.25) is 0 Å². The summed E-state index contributed by atoms with van der Waals surface area (Å²) in [5, 5.41) is 2.78. The first-order chi connectivity index (χ1) is 11.9. The zero-order chi connectivity index (χ0) is 19.6. The van der Waals surface area contributed by atoms with E-state index in [2.05, 4.69) is 19.2 Å². The number of ether oxygens (including phenoxy) is 2. The molecule has 5 heteroatoms. The summed E-state index contributed by atoms with van der Waals surface area (Å²) in [6.45, 7) is 12.1. The van der Waals surface area contributed by atoms with E-state index in [1.165, 1.54) is 0 Å². The van der Waals surface area contributed by atoms with Crippen molar-refractivity contribution in [1.29, 1.82) is 0 Å². The number of hydrogen-bond donors (Lipinski definition) is 1. The molecule has 0 radical (unpaired) electrons. The van der Waals surface area contributed by atoms with Crippen molar-refractivity contribution in [3.63, 3.8) is 0 Å². The first-order valence-electron chi connectivity index (χ1n) is 9.21. The fourth-order valence-electron chi connectivity index (χ4n) is 4.05. The smallest absolute Gasteiger partial charge is 0.412 e. The van der Waals surface area contributed by atoms with Gasteiger partial charge in [0.25, 0.3) is 0 Å². The van der Waals surface area contributed by atoms with Crippen molar-refractivity contribution in [2.24, 2.45) is 5.41 Å². The van der Waals surface area contributed by atoms with Crippen molar-refractivity contribution < 1.29 is 19.1 Å². The maximum Gasteiger partial charge on any atom is 0.412 e. The number of carbonyl (C=O) groups is 2. The molecule has 0 aromatic heterocycles. The van der Waals surface area contributed by atoms with Gasteiger partial charge >= 0.3 is 12.1 Å². The predicted octanol–water partition coefficient (Wildman–Crippen LogP) is 5.04. The molecule has 0 unspecified atom stereocenters. The average molecular weight is 361 g/mol. The van der Waals surface area contributed by atoms with Crippen molar-refractivity contribution in [3.8, 4) is 0 Å². The Morgan fingerprint density at radius 1 is 1.19 bits per heavy atom. The summed E-state index contributed by atoms with van der Waals surface area (Å²) in [5.74, 6) is -0.173. The molecule has 5 nitrogen and oxygen atoms in total. The van der Waals surface area contributed by atoms with Crippen LogP contribution in [0.3, 0.4) is 0 Å². The lowest BCUT2D eigenvalue weighted by Crippen LogP contribution is -2.48. The van der Waals surface area contributed by atoms with E-state index in [-0.39, 0.29) is 16.8 Å². The SMILES string of the molecule is CCOC(=O)CC1(c2cccc(NC(=O)OC(C)(C)C)c2)CC(C)(C)C1. The molecule has 1 N–H and O–H groups in total. The topological polar surface area (TPSA) is 64.6 Å². The number of amides is 1. The Balaban J connectivity index is 2.19. The summed E-state index contributed by atoms with van der Waals surface area (Å²) in [5.41, 5.74) is 1.14. The maximum atomic E-state index is 12.1. The molecular weight excluding hydrogens is 330 g/mol. The molecule has 1 fully saturated rings. The zero-order valence-electron chi connectivity index (χ0n) is 16.8. The summed E-state index contributed by atoms with van der Waals surface area (Å²) >= 11 is 0. The van der Waals surface area contributed by atoms with Crippen molar-refractivity contribution in [2.75, 3.05) is 11.9 Å². The van der Waals surface area contributed by atoms with Gasteiger partial charge in [-0.2, -0.15) is 0 Å². The molecule has 0 spiro atoms. The van der Waals surface area contributed by atoms with Crippen LogP contribution in [0.15, 0.2) is 24.3 Å². The van der Waals surface area contributed by atoms with Crippen LogP contribution in [-0.4, -0.2) is 24.3 Å². The fourth-order valence-corrected chi connectivity index (χ4v) is 4.05. The molecule has 1 aromatic carbocycles. The maximum absolute atomic E-state index is 12.1. The lowest BCUT2D eigenvalue weighted by atomic mass is 9.50. The lowest BCUT2D eigenvalue weighted by molar-refractivity contribution is -0.147. The molecule has 0 aliphatic heterocycles. The minimum atomic E-state index is -0.551. The third-order valence-corrected chi connectivity index (χ3v) is 4.54. The quantitative estimate of drug-likeness (QED) is 0.746. The van der Waals surface area contributed by atoms with Gasteiger partial charge in [0.1, 0.15) is 5.60 Å². The summed E-state index contributed by atoms with van der Waals surface area (Å²) in [6, 6.07) is 7.70. The first kappa shape index (κ1) is 20.3. The molecule has 1 saturated carbocycles. The molecule has 1 aliphatic carbocycles.